The van der Waals surface area contributed by atoms with Crippen LogP contribution in [-0.2, 0) is 9.53 Å². The Hall–Kier alpha value is -0.870. The zero-order valence-electron chi connectivity index (χ0n) is 5.91. The zero-order valence-corrected chi connectivity index (χ0v) is 5.91. The Morgan fingerprint density at radius 2 is 2.40 bits per heavy atom. The summed E-state index contributed by atoms with van der Waals surface area (Å²) in [6, 6.07) is -0.581. The van der Waals surface area contributed by atoms with Gasteiger partial charge in [-0.15, -0.1) is 0 Å². The molecule has 0 saturated heterocycles. The monoisotopic (exact) mass is 144 g/mol. The minimum atomic E-state index is -0.581. The number of carbonyl (C=O) groups excluding carboxylic acids is 1. The predicted octanol–water partition coefficient (Wildman–Crippen LogP) is -0.651. The number of nitrogens with two attached hydrogens (primary N) is 2. The second kappa shape index (κ2) is 4.96. The first-order chi connectivity index (χ1) is 4.68. The summed E-state index contributed by atoms with van der Waals surface area (Å²) in [6.07, 6.45) is 2.77. The van der Waals surface area contributed by atoms with Gasteiger partial charge in [0.25, 0.3) is 0 Å². The topological polar surface area (TPSA) is 78.3 Å². The van der Waals surface area contributed by atoms with Gasteiger partial charge < -0.3 is 16.2 Å². The van der Waals surface area contributed by atoms with Gasteiger partial charge >= 0.3 is 5.97 Å². The molecule has 0 rings (SSSR count). The Balaban J connectivity index is 3.49. The summed E-state index contributed by atoms with van der Waals surface area (Å²) in [6.45, 7) is 1.91. The molecule has 4 heteroatoms. The second-order valence-electron chi connectivity index (χ2n) is 1.83. The highest BCUT2D eigenvalue weighted by Gasteiger charge is 2.05. The van der Waals surface area contributed by atoms with Gasteiger partial charge in [-0.1, -0.05) is 0 Å². The lowest BCUT2D eigenvalue weighted by Crippen LogP contribution is -2.27. The van der Waals surface area contributed by atoms with E-state index in [2.05, 4.69) is 4.74 Å². The standard InChI is InChI=1S/C6H12N2O2/c1-5(8)6(9)10-4-2-3-7/h2,4-5H,3,7-8H2,1H3/t5-/m0/s1. The van der Waals surface area contributed by atoms with Crippen LogP contribution >= 0.6 is 0 Å². The summed E-state index contributed by atoms with van der Waals surface area (Å²) in [5.74, 6) is -0.454. The van der Waals surface area contributed by atoms with E-state index in [0.29, 0.717) is 6.54 Å². The molecule has 0 amide bonds. The molecule has 0 aromatic rings. The maximum absolute atomic E-state index is 10.6. The number of rotatable bonds is 3. The van der Waals surface area contributed by atoms with Crippen molar-refractivity contribution < 1.29 is 9.53 Å². The van der Waals surface area contributed by atoms with Gasteiger partial charge in [0.1, 0.15) is 6.04 Å². The van der Waals surface area contributed by atoms with Crippen LogP contribution in [0.1, 0.15) is 6.92 Å². The molecule has 0 bridgehead atoms. The summed E-state index contributed by atoms with van der Waals surface area (Å²) in [4.78, 5) is 10.6. The van der Waals surface area contributed by atoms with Crippen LogP contribution in [0.15, 0.2) is 12.3 Å². The van der Waals surface area contributed by atoms with Crippen LogP contribution in [0.25, 0.3) is 0 Å². The predicted molar refractivity (Wildman–Crippen MR) is 37.9 cm³/mol. The van der Waals surface area contributed by atoms with Crippen LogP contribution in [0.3, 0.4) is 0 Å². The number of hydrogen-bond acceptors (Lipinski definition) is 4. The Bertz CT molecular complexity index is 132. The van der Waals surface area contributed by atoms with Crippen molar-refractivity contribution in [3.63, 3.8) is 0 Å². The molecular weight excluding hydrogens is 132 g/mol. The third-order valence-corrected chi connectivity index (χ3v) is 0.788. The van der Waals surface area contributed by atoms with Gasteiger partial charge in [0.2, 0.25) is 0 Å². The van der Waals surface area contributed by atoms with Crippen LogP contribution in [0.2, 0.25) is 0 Å². The highest BCUT2D eigenvalue weighted by Crippen LogP contribution is 1.83. The first-order valence-corrected chi connectivity index (χ1v) is 2.99. The summed E-state index contributed by atoms with van der Waals surface area (Å²) < 4.78 is 4.52. The van der Waals surface area contributed by atoms with Crippen molar-refractivity contribution in [3.8, 4) is 0 Å². The average molecular weight is 144 g/mol. The molecule has 0 aliphatic rings. The molecule has 4 N–H and O–H groups in total. The van der Waals surface area contributed by atoms with Gasteiger partial charge in [0.15, 0.2) is 0 Å². The van der Waals surface area contributed by atoms with Gasteiger partial charge in [-0.25, -0.2) is 4.79 Å². The molecule has 58 valence electrons. The van der Waals surface area contributed by atoms with Crippen LogP contribution in [0.5, 0.6) is 0 Å². The fourth-order valence-corrected chi connectivity index (χ4v) is 0.278. The molecule has 0 aliphatic heterocycles. The molecule has 0 aliphatic carbocycles. The van der Waals surface area contributed by atoms with E-state index in [1.807, 2.05) is 0 Å². The largest absolute Gasteiger partial charge is 0.434 e. The quantitative estimate of drug-likeness (QED) is 0.407. The molecule has 0 aromatic carbocycles. The van der Waals surface area contributed by atoms with E-state index in [-0.39, 0.29) is 0 Å². The summed E-state index contributed by atoms with van der Waals surface area (Å²) in [5.41, 5.74) is 10.3. The third kappa shape index (κ3) is 4.05. The number of ether oxygens (including phenoxy) is 1. The van der Waals surface area contributed by atoms with Crippen molar-refractivity contribution in [3.05, 3.63) is 12.3 Å². The Morgan fingerprint density at radius 3 is 2.80 bits per heavy atom. The maximum atomic E-state index is 10.6. The molecular formula is C6H12N2O2. The van der Waals surface area contributed by atoms with Crippen LogP contribution < -0.4 is 11.5 Å². The molecule has 0 aromatic heterocycles. The third-order valence-electron chi connectivity index (χ3n) is 0.788. The lowest BCUT2D eigenvalue weighted by molar-refractivity contribution is -0.139. The van der Waals surface area contributed by atoms with E-state index >= 15 is 0 Å². The molecule has 1 atom stereocenters. The molecule has 0 fully saturated rings. The van der Waals surface area contributed by atoms with E-state index < -0.39 is 12.0 Å². The van der Waals surface area contributed by atoms with E-state index in [0.717, 1.165) is 0 Å². The summed E-state index contributed by atoms with van der Waals surface area (Å²) in [5, 5.41) is 0. The molecule has 0 heterocycles. The minimum absolute atomic E-state index is 0.353. The van der Waals surface area contributed by atoms with Crippen molar-refractivity contribution >= 4 is 5.97 Å². The van der Waals surface area contributed by atoms with Gasteiger partial charge in [-0.05, 0) is 13.0 Å². The van der Waals surface area contributed by atoms with Crippen LogP contribution in [0.4, 0.5) is 0 Å². The molecule has 4 nitrogen and oxygen atoms in total. The SMILES string of the molecule is C[C@H](N)C(=O)OC=CCN. The van der Waals surface area contributed by atoms with Crippen molar-refractivity contribution in [2.24, 2.45) is 11.5 Å². The van der Waals surface area contributed by atoms with Crippen molar-refractivity contribution in [1.29, 1.82) is 0 Å². The molecule has 10 heavy (non-hydrogen) atoms. The summed E-state index contributed by atoms with van der Waals surface area (Å²) in [7, 11) is 0. The van der Waals surface area contributed by atoms with Crippen LogP contribution in [0, 0.1) is 0 Å². The van der Waals surface area contributed by atoms with E-state index in [9.17, 15) is 4.79 Å². The molecule has 0 spiro atoms. The van der Waals surface area contributed by atoms with Gasteiger partial charge in [0, 0.05) is 6.54 Å². The van der Waals surface area contributed by atoms with Crippen molar-refractivity contribution in [2.75, 3.05) is 6.54 Å². The number of hydrogen-bond donors (Lipinski definition) is 2. The normalized spacial score (nSPS) is 13.5. The molecule has 0 unspecified atom stereocenters. The first kappa shape index (κ1) is 9.13. The molecule has 0 radical (unpaired) electrons. The number of carbonyl (C=O) groups is 1. The maximum Gasteiger partial charge on any atom is 0.327 e. The molecule has 0 saturated carbocycles. The zero-order chi connectivity index (χ0) is 7.98. The highest BCUT2D eigenvalue weighted by atomic mass is 16.5. The highest BCUT2D eigenvalue weighted by molar-refractivity contribution is 5.75. The fourth-order valence-electron chi connectivity index (χ4n) is 0.278. The van der Waals surface area contributed by atoms with E-state index in [1.165, 1.54) is 12.3 Å². The van der Waals surface area contributed by atoms with Gasteiger partial charge in [-0.2, -0.15) is 0 Å². The van der Waals surface area contributed by atoms with Gasteiger partial charge in [0.05, 0.1) is 6.26 Å². The van der Waals surface area contributed by atoms with E-state index in [4.69, 9.17) is 11.5 Å². The first-order valence-electron chi connectivity index (χ1n) is 2.99. The number of esters is 1. The lowest BCUT2D eigenvalue weighted by Gasteiger charge is -2.00. The summed E-state index contributed by atoms with van der Waals surface area (Å²) >= 11 is 0. The smallest absolute Gasteiger partial charge is 0.327 e. The minimum Gasteiger partial charge on any atom is -0.434 e. The Morgan fingerprint density at radius 1 is 1.80 bits per heavy atom. The Kier molecular flexibility index (Phi) is 4.53. The Labute approximate surface area is 59.8 Å². The fraction of sp³-hybridized carbons (Fsp3) is 0.500. The lowest BCUT2D eigenvalue weighted by atomic mass is 10.4. The van der Waals surface area contributed by atoms with Crippen LogP contribution in [-0.4, -0.2) is 18.6 Å². The second-order valence-corrected chi connectivity index (χ2v) is 1.83. The van der Waals surface area contributed by atoms with Gasteiger partial charge in [-0.3, -0.25) is 0 Å². The van der Waals surface area contributed by atoms with Crippen molar-refractivity contribution in [1.82, 2.24) is 0 Å². The van der Waals surface area contributed by atoms with Crippen molar-refractivity contribution in [2.45, 2.75) is 13.0 Å². The van der Waals surface area contributed by atoms with E-state index in [1.54, 1.807) is 6.92 Å². The average Bonchev–Trinajstić information content (AvgIpc) is 1.88.